The lowest BCUT2D eigenvalue weighted by Gasteiger charge is -2.20. The molecule has 16 heavy (non-hydrogen) atoms. The van der Waals surface area contributed by atoms with Crippen LogP contribution in [0.1, 0.15) is 13.8 Å². The number of carboxylic acid groups (broad SMARTS) is 1. The molecule has 0 aliphatic heterocycles. The third-order valence-corrected chi connectivity index (χ3v) is 3.40. The predicted molar refractivity (Wildman–Crippen MR) is 61.8 cm³/mol. The van der Waals surface area contributed by atoms with Crippen molar-refractivity contribution in [1.29, 1.82) is 0 Å². The summed E-state index contributed by atoms with van der Waals surface area (Å²) in [5.74, 6) is -1.05. The van der Waals surface area contributed by atoms with Gasteiger partial charge in [-0.1, -0.05) is 0 Å². The van der Waals surface area contributed by atoms with Crippen LogP contribution in [0, 0.1) is 0 Å². The zero-order chi connectivity index (χ0) is 12.7. The number of aliphatic carboxylic acids is 1. The normalized spacial score (nSPS) is 13.9. The molecule has 0 spiro atoms. The summed E-state index contributed by atoms with van der Waals surface area (Å²) in [7, 11) is -1.00. The van der Waals surface area contributed by atoms with Crippen molar-refractivity contribution >= 4 is 22.8 Å². The van der Waals surface area contributed by atoms with Gasteiger partial charge in [-0.15, -0.1) is 0 Å². The summed E-state index contributed by atoms with van der Waals surface area (Å²) in [6.45, 7) is 3.72. The van der Waals surface area contributed by atoms with E-state index >= 15 is 0 Å². The third kappa shape index (κ3) is 5.69. The van der Waals surface area contributed by atoms with Crippen LogP contribution in [0.4, 0.5) is 4.79 Å². The highest BCUT2D eigenvalue weighted by Crippen LogP contribution is 1.93. The van der Waals surface area contributed by atoms with Gasteiger partial charge in [0, 0.05) is 35.4 Å². The number of nitrogens with zero attached hydrogens (tertiary/aromatic N) is 1. The SMILES string of the molecule is CCN(CC(=O)O)C(=O)NCC(C)S(C)=O. The molecule has 6 nitrogen and oxygen atoms in total. The summed E-state index contributed by atoms with van der Waals surface area (Å²) in [6, 6.07) is -0.442. The number of hydrogen-bond donors (Lipinski definition) is 2. The van der Waals surface area contributed by atoms with Crippen LogP contribution in [0.5, 0.6) is 0 Å². The second-order valence-electron chi connectivity index (χ2n) is 3.40. The minimum Gasteiger partial charge on any atom is -0.480 e. The van der Waals surface area contributed by atoms with E-state index in [-0.39, 0.29) is 18.3 Å². The molecular formula is C9H18N2O4S. The Labute approximate surface area is 97.5 Å². The first-order valence-corrected chi connectivity index (χ1v) is 6.57. The highest BCUT2D eigenvalue weighted by Gasteiger charge is 2.15. The fourth-order valence-corrected chi connectivity index (χ4v) is 1.27. The Morgan fingerprint density at radius 3 is 2.44 bits per heavy atom. The molecule has 2 N–H and O–H groups in total. The van der Waals surface area contributed by atoms with Gasteiger partial charge in [0.15, 0.2) is 0 Å². The van der Waals surface area contributed by atoms with E-state index in [1.807, 2.05) is 0 Å². The summed E-state index contributed by atoms with van der Waals surface area (Å²) in [4.78, 5) is 23.1. The molecule has 0 heterocycles. The molecule has 94 valence electrons. The molecule has 7 heteroatoms. The molecule has 0 aromatic heterocycles. The van der Waals surface area contributed by atoms with E-state index in [0.717, 1.165) is 0 Å². The van der Waals surface area contributed by atoms with E-state index in [0.29, 0.717) is 6.54 Å². The number of rotatable bonds is 6. The Bertz CT molecular complexity index is 283. The van der Waals surface area contributed by atoms with Gasteiger partial charge in [0.1, 0.15) is 6.54 Å². The van der Waals surface area contributed by atoms with Gasteiger partial charge in [0.05, 0.1) is 0 Å². The molecule has 0 aliphatic carbocycles. The summed E-state index contributed by atoms with van der Waals surface area (Å²) in [5, 5.41) is 11.0. The van der Waals surface area contributed by atoms with Crippen LogP contribution >= 0.6 is 0 Å². The molecule has 0 rings (SSSR count). The lowest BCUT2D eigenvalue weighted by atomic mass is 10.4. The van der Waals surface area contributed by atoms with Crippen molar-refractivity contribution in [3.8, 4) is 0 Å². The molecule has 0 saturated carbocycles. The first kappa shape index (κ1) is 14.9. The molecule has 0 saturated heterocycles. The highest BCUT2D eigenvalue weighted by atomic mass is 32.2. The number of carbonyl (C=O) groups excluding carboxylic acids is 1. The highest BCUT2D eigenvalue weighted by molar-refractivity contribution is 7.84. The van der Waals surface area contributed by atoms with Gasteiger partial charge in [-0.25, -0.2) is 4.79 Å². The molecule has 0 aliphatic rings. The quantitative estimate of drug-likeness (QED) is 0.687. The van der Waals surface area contributed by atoms with Crippen molar-refractivity contribution in [3.05, 3.63) is 0 Å². The Hall–Kier alpha value is -1.11. The number of nitrogens with one attached hydrogen (secondary N) is 1. The maximum absolute atomic E-state index is 11.5. The molecule has 0 aromatic rings. The van der Waals surface area contributed by atoms with E-state index < -0.39 is 22.8 Å². The van der Waals surface area contributed by atoms with Crippen molar-refractivity contribution in [2.24, 2.45) is 0 Å². The summed E-state index contributed by atoms with van der Waals surface area (Å²) in [6.07, 6.45) is 1.56. The first-order valence-electron chi connectivity index (χ1n) is 4.95. The van der Waals surface area contributed by atoms with Crippen LogP contribution in [0.2, 0.25) is 0 Å². The summed E-state index contributed by atoms with van der Waals surface area (Å²) < 4.78 is 11.0. The van der Waals surface area contributed by atoms with Crippen LogP contribution in [-0.4, -0.2) is 57.4 Å². The molecule has 0 bridgehead atoms. The molecule has 2 unspecified atom stereocenters. The predicted octanol–water partition coefficient (Wildman–Crippen LogP) is -0.130. The molecule has 2 atom stereocenters. The fourth-order valence-electron chi connectivity index (χ4n) is 0.951. The van der Waals surface area contributed by atoms with E-state index in [4.69, 9.17) is 5.11 Å². The van der Waals surface area contributed by atoms with Gasteiger partial charge in [0.2, 0.25) is 0 Å². The smallest absolute Gasteiger partial charge is 0.323 e. The number of carboxylic acids is 1. The molecular weight excluding hydrogens is 232 g/mol. The minimum atomic E-state index is -1.05. The fraction of sp³-hybridized carbons (Fsp3) is 0.778. The minimum absolute atomic E-state index is 0.146. The van der Waals surface area contributed by atoms with Crippen LogP contribution < -0.4 is 5.32 Å². The van der Waals surface area contributed by atoms with Crippen molar-refractivity contribution in [2.75, 3.05) is 25.9 Å². The topological polar surface area (TPSA) is 86.7 Å². The average Bonchev–Trinajstić information content (AvgIpc) is 2.21. The largest absolute Gasteiger partial charge is 0.480 e. The monoisotopic (exact) mass is 250 g/mol. The van der Waals surface area contributed by atoms with Crippen molar-refractivity contribution in [1.82, 2.24) is 10.2 Å². The second-order valence-corrected chi connectivity index (χ2v) is 5.21. The van der Waals surface area contributed by atoms with Crippen molar-refractivity contribution in [2.45, 2.75) is 19.1 Å². The molecule has 0 fully saturated rings. The third-order valence-electron chi connectivity index (χ3n) is 2.10. The number of carbonyl (C=O) groups is 2. The maximum atomic E-state index is 11.5. The van der Waals surface area contributed by atoms with E-state index in [1.165, 1.54) is 4.90 Å². The Morgan fingerprint density at radius 2 is 2.06 bits per heavy atom. The van der Waals surface area contributed by atoms with Crippen LogP contribution in [-0.2, 0) is 15.6 Å². The van der Waals surface area contributed by atoms with Gasteiger partial charge in [-0.05, 0) is 13.8 Å². The summed E-state index contributed by atoms with van der Waals surface area (Å²) in [5.41, 5.74) is 0. The zero-order valence-corrected chi connectivity index (χ0v) is 10.5. The van der Waals surface area contributed by atoms with E-state index in [1.54, 1.807) is 20.1 Å². The van der Waals surface area contributed by atoms with E-state index in [2.05, 4.69) is 5.32 Å². The standard InChI is InChI=1S/C9H18N2O4S/c1-4-11(6-8(12)13)9(14)10-5-7(2)16(3)15/h7H,4-6H2,1-3H3,(H,10,14)(H,12,13). The number of amides is 2. The molecule has 2 amide bonds. The van der Waals surface area contributed by atoms with Crippen molar-refractivity contribution in [3.63, 3.8) is 0 Å². The Balaban J connectivity index is 4.12. The zero-order valence-electron chi connectivity index (χ0n) is 9.73. The van der Waals surface area contributed by atoms with Gasteiger partial charge in [-0.3, -0.25) is 9.00 Å². The number of likely N-dealkylation sites (N-methyl/N-ethyl adjacent to an activating group) is 1. The average molecular weight is 250 g/mol. The van der Waals surface area contributed by atoms with Gasteiger partial charge in [-0.2, -0.15) is 0 Å². The lowest BCUT2D eigenvalue weighted by Crippen LogP contribution is -2.45. The Morgan fingerprint density at radius 1 is 1.50 bits per heavy atom. The molecule has 0 radical (unpaired) electrons. The lowest BCUT2D eigenvalue weighted by molar-refractivity contribution is -0.137. The first-order chi connectivity index (χ1) is 7.38. The molecule has 0 aromatic carbocycles. The van der Waals surface area contributed by atoms with Gasteiger partial charge in [0.25, 0.3) is 0 Å². The summed E-state index contributed by atoms with van der Waals surface area (Å²) >= 11 is 0. The van der Waals surface area contributed by atoms with Gasteiger partial charge < -0.3 is 15.3 Å². The van der Waals surface area contributed by atoms with Gasteiger partial charge >= 0.3 is 12.0 Å². The maximum Gasteiger partial charge on any atom is 0.323 e. The van der Waals surface area contributed by atoms with Crippen LogP contribution in [0.15, 0.2) is 0 Å². The number of hydrogen-bond acceptors (Lipinski definition) is 3. The van der Waals surface area contributed by atoms with Crippen LogP contribution in [0.25, 0.3) is 0 Å². The number of urea groups is 1. The van der Waals surface area contributed by atoms with Crippen LogP contribution in [0.3, 0.4) is 0 Å². The van der Waals surface area contributed by atoms with E-state index in [9.17, 15) is 13.8 Å². The Kier molecular flexibility index (Phi) is 6.71. The second kappa shape index (κ2) is 7.21. The van der Waals surface area contributed by atoms with Crippen molar-refractivity contribution < 1.29 is 18.9 Å².